The number of hydrogen-bond donors (Lipinski definition) is 1. The van der Waals surface area contributed by atoms with Gasteiger partial charge in [-0.3, -0.25) is 9.59 Å². The van der Waals surface area contributed by atoms with Gasteiger partial charge in [0.25, 0.3) is 5.91 Å². The number of carbonyl (C=O) groups is 2. The van der Waals surface area contributed by atoms with Crippen molar-refractivity contribution in [3.63, 3.8) is 0 Å². The zero-order valence-corrected chi connectivity index (χ0v) is 13.0. The molecule has 0 unspecified atom stereocenters. The van der Waals surface area contributed by atoms with E-state index in [-0.39, 0.29) is 18.0 Å². The minimum Gasteiger partial charge on any atom is -0.369 e. The Kier molecular flexibility index (Phi) is 4.23. The minimum absolute atomic E-state index is 0.00132. The van der Waals surface area contributed by atoms with Gasteiger partial charge in [0.1, 0.15) is 5.69 Å². The third-order valence-electron chi connectivity index (χ3n) is 4.49. The third kappa shape index (κ3) is 3.52. The lowest BCUT2D eigenvalue weighted by Crippen LogP contribution is -2.44. The molecule has 1 aliphatic carbocycles. The van der Waals surface area contributed by atoms with Crippen LogP contribution >= 0.6 is 0 Å². The molecule has 1 aromatic heterocycles. The molecule has 130 valence electrons. The van der Waals surface area contributed by atoms with Crippen LogP contribution in [0.25, 0.3) is 0 Å². The molecule has 2 fully saturated rings. The first-order chi connectivity index (χ1) is 11.3. The van der Waals surface area contributed by atoms with Gasteiger partial charge in [-0.05, 0) is 37.8 Å². The standard InChI is InChI=1S/C16H18F3N3O2/c17-16(18,19)13-7-11(6-12(21-13)9-3-4-9)15(24)22-5-1-2-10(8-22)14(20)23/h6-7,9-10H,1-5,8H2,(H2,20,23)/t10-/m0/s1. The van der Waals surface area contributed by atoms with Crippen molar-refractivity contribution in [1.82, 2.24) is 9.88 Å². The largest absolute Gasteiger partial charge is 0.433 e. The van der Waals surface area contributed by atoms with Crippen LogP contribution < -0.4 is 5.73 Å². The summed E-state index contributed by atoms with van der Waals surface area (Å²) in [6.07, 6.45) is -1.83. The molecule has 2 aliphatic rings. The van der Waals surface area contributed by atoms with Gasteiger partial charge in [-0.2, -0.15) is 13.2 Å². The molecule has 0 radical (unpaired) electrons. The van der Waals surface area contributed by atoms with Gasteiger partial charge in [-0.15, -0.1) is 0 Å². The van der Waals surface area contributed by atoms with Crippen LogP contribution in [-0.2, 0) is 11.0 Å². The van der Waals surface area contributed by atoms with Crippen molar-refractivity contribution in [3.05, 3.63) is 29.1 Å². The summed E-state index contributed by atoms with van der Waals surface area (Å²) in [6.45, 7) is 0.557. The van der Waals surface area contributed by atoms with Crippen LogP contribution in [-0.4, -0.2) is 34.8 Å². The Morgan fingerprint density at radius 2 is 1.92 bits per heavy atom. The summed E-state index contributed by atoms with van der Waals surface area (Å²) >= 11 is 0. The predicted octanol–water partition coefficient (Wildman–Crippen LogP) is 2.32. The van der Waals surface area contributed by atoms with Crippen LogP contribution in [0.5, 0.6) is 0 Å². The third-order valence-corrected chi connectivity index (χ3v) is 4.49. The number of rotatable bonds is 3. The van der Waals surface area contributed by atoms with Gasteiger partial charge in [0.2, 0.25) is 5.91 Å². The average Bonchev–Trinajstić information content (AvgIpc) is 3.38. The molecule has 8 heteroatoms. The van der Waals surface area contributed by atoms with E-state index in [4.69, 9.17) is 5.73 Å². The molecule has 5 nitrogen and oxygen atoms in total. The molecule has 1 aliphatic heterocycles. The van der Waals surface area contributed by atoms with Gasteiger partial charge in [-0.25, -0.2) is 4.98 Å². The molecule has 0 aromatic carbocycles. The second-order valence-electron chi connectivity index (χ2n) is 6.43. The van der Waals surface area contributed by atoms with E-state index >= 15 is 0 Å². The molecule has 3 rings (SSSR count). The molecule has 1 aromatic rings. The molecule has 1 saturated carbocycles. The molecule has 0 bridgehead atoms. The van der Waals surface area contributed by atoms with Gasteiger partial charge in [0.05, 0.1) is 5.92 Å². The van der Waals surface area contributed by atoms with Crippen molar-refractivity contribution in [2.45, 2.75) is 37.8 Å². The van der Waals surface area contributed by atoms with Crippen LogP contribution in [0, 0.1) is 5.92 Å². The van der Waals surface area contributed by atoms with E-state index in [9.17, 15) is 22.8 Å². The smallest absolute Gasteiger partial charge is 0.369 e. The number of primary amides is 1. The maximum atomic E-state index is 13.1. The maximum absolute atomic E-state index is 13.1. The lowest BCUT2D eigenvalue weighted by molar-refractivity contribution is -0.141. The number of pyridine rings is 1. The van der Waals surface area contributed by atoms with Gasteiger partial charge < -0.3 is 10.6 Å². The highest BCUT2D eigenvalue weighted by molar-refractivity contribution is 5.95. The minimum atomic E-state index is -4.60. The molecule has 1 saturated heterocycles. The fraction of sp³-hybridized carbons (Fsp3) is 0.562. The van der Waals surface area contributed by atoms with Crippen molar-refractivity contribution in [2.75, 3.05) is 13.1 Å². The number of aromatic nitrogens is 1. The van der Waals surface area contributed by atoms with E-state index in [0.29, 0.717) is 25.1 Å². The molecular weight excluding hydrogens is 323 g/mol. The zero-order valence-electron chi connectivity index (χ0n) is 13.0. The van der Waals surface area contributed by atoms with Crippen LogP contribution in [0.3, 0.4) is 0 Å². The summed E-state index contributed by atoms with van der Waals surface area (Å²) in [7, 11) is 0. The molecule has 2 amide bonds. The molecular formula is C16H18F3N3O2. The number of nitrogens with zero attached hydrogens (tertiary/aromatic N) is 2. The molecule has 24 heavy (non-hydrogen) atoms. The second kappa shape index (κ2) is 6.07. The molecule has 0 spiro atoms. The Morgan fingerprint density at radius 3 is 2.50 bits per heavy atom. The fourth-order valence-electron chi connectivity index (χ4n) is 2.99. The van der Waals surface area contributed by atoms with Crippen molar-refractivity contribution < 1.29 is 22.8 Å². The number of halogens is 3. The summed E-state index contributed by atoms with van der Waals surface area (Å²) in [5.74, 6) is -1.44. The summed E-state index contributed by atoms with van der Waals surface area (Å²) in [4.78, 5) is 29.0. The number of alkyl halides is 3. The summed E-state index contributed by atoms with van der Waals surface area (Å²) in [5.41, 5.74) is 4.54. The van der Waals surface area contributed by atoms with Crippen molar-refractivity contribution in [3.8, 4) is 0 Å². The number of nitrogens with two attached hydrogens (primary N) is 1. The summed E-state index contributed by atoms with van der Waals surface area (Å²) in [6, 6.07) is 2.24. The predicted molar refractivity (Wildman–Crippen MR) is 79.0 cm³/mol. The number of hydrogen-bond acceptors (Lipinski definition) is 3. The number of likely N-dealkylation sites (tertiary alicyclic amines) is 1. The van der Waals surface area contributed by atoms with Crippen molar-refractivity contribution in [1.29, 1.82) is 0 Å². The topological polar surface area (TPSA) is 76.3 Å². The second-order valence-corrected chi connectivity index (χ2v) is 6.43. The van der Waals surface area contributed by atoms with Crippen LogP contribution in [0.15, 0.2) is 12.1 Å². The van der Waals surface area contributed by atoms with E-state index in [0.717, 1.165) is 18.9 Å². The first kappa shape index (κ1) is 16.7. The van der Waals surface area contributed by atoms with E-state index in [1.807, 2.05) is 0 Å². The van der Waals surface area contributed by atoms with Gasteiger partial charge in [0.15, 0.2) is 0 Å². The summed E-state index contributed by atoms with van der Waals surface area (Å²) in [5, 5.41) is 0. The quantitative estimate of drug-likeness (QED) is 0.917. The number of amides is 2. The molecule has 2 heterocycles. The average molecular weight is 341 g/mol. The van der Waals surface area contributed by atoms with Gasteiger partial charge >= 0.3 is 6.18 Å². The van der Waals surface area contributed by atoms with E-state index in [1.165, 1.54) is 11.0 Å². The normalized spacial score (nSPS) is 21.6. The first-order valence-corrected chi connectivity index (χ1v) is 7.93. The Hall–Kier alpha value is -2.12. The van der Waals surface area contributed by atoms with Crippen LogP contribution in [0.2, 0.25) is 0 Å². The molecule has 1 atom stereocenters. The monoisotopic (exact) mass is 341 g/mol. The van der Waals surface area contributed by atoms with E-state index in [1.54, 1.807) is 0 Å². The van der Waals surface area contributed by atoms with Crippen molar-refractivity contribution >= 4 is 11.8 Å². The number of carbonyl (C=O) groups excluding carboxylic acids is 2. The lowest BCUT2D eigenvalue weighted by atomic mass is 9.96. The van der Waals surface area contributed by atoms with E-state index in [2.05, 4.69) is 4.98 Å². The van der Waals surface area contributed by atoms with Gasteiger partial charge in [-0.1, -0.05) is 0 Å². The maximum Gasteiger partial charge on any atom is 0.433 e. The lowest BCUT2D eigenvalue weighted by Gasteiger charge is -2.31. The van der Waals surface area contributed by atoms with Crippen LogP contribution in [0.1, 0.15) is 53.3 Å². The first-order valence-electron chi connectivity index (χ1n) is 7.93. The Bertz CT molecular complexity index is 671. The van der Waals surface area contributed by atoms with Crippen LogP contribution in [0.4, 0.5) is 13.2 Å². The SMILES string of the molecule is NC(=O)[C@H]1CCCN(C(=O)c2cc(C3CC3)nc(C(F)(F)F)c2)C1. The Morgan fingerprint density at radius 1 is 1.21 bits per heavy atom. The number of piperidine rings is 1. The summed E-state index contributed by atoms with van der Waals surface area (Å²) < 4.78 is 39.2. The highest BCUT2D eigenvalue weighted by Crippen LogP contribution is 2.41. The van der Waals surface area contributed by atoms with Crippen molar-refractivity contribution in [2.24, 2.45) is 11.7 Å². The van der Waals surface area contributed by atoms with Gasteiger partial charge in [0, 0.05) is 30.3 Å². The fourth-order valence-corrected chi connectivity index (χ4v) is 2.99. The zero-order chi connectivity index (χ0) is 17.5. The van der Waals surface area contributed by atoms with E-state index < -0.39 is 29.6 Å². The highest BCUT2D eigenvalue weighted by atomic mass is 19.4. The molecule has 2 N–H and O–H groups in total. The Balaban J connectivity index is 1.88. The Labute approximate surface area is 137 Å². The highest BCUT2D eigenvalue weighted by Gasteiger charge is 2.37.